The number of fused-ring (bicyclic) bond motifs is 3. The van der Waals surface area contributed by atoms with E-state index in [0.717, 1.165) is 44.2 Å². The van der Waals surface area contributed by atoms with Crippen LogP contribution < -0.4 is 4.90 Å². The average molecular weight is 489 g/mol. The topological polar surface area (TPSA) is 76.3 Å². The Labute approximate surface area is 205 Å². The van der Waals surface area contributed by atoms with Crippen LogP contribution in [0.15, 0.2) is 46.9 Å². The van der Waals surface area contributed by atoms with Crippen molar-refractivity contribution in [3.05, 3.63) is 70.0 Å². The van der Waals surface area contributed by atoms with E-state index in [1.165, 1.54) is 16.9 Å². The molecule has 5 rings (SSSR count). The minimum atomic E-state index is -0.0559. The summed E-state index contributed by atoms with van der Waals surface area (Å²) in [6.07, 6.45) is 0. The zero-order chi connectivity index (χ0) is 24.0. The first kappa shape index (κ1) is 22.5. The Bertz CT molecular complexity index is 1530. The summed E-state index contributed by atoms with van der Waals surface area (Å²) in [5.41, 5.74) is 6.78. The number of aromatic nitrogens is 5. The molecule has 0 unspecified atom stereocenters. The fourth-order valence-electron chi connectivity index (χ4n) is 4.24. The van der Waals surface area contributed by atoms with Crippen LogP contribution in [0.1, 0.15) is 35.1 Å². The smallest absolute Gasteiger partial charge is 0.230 e. The molecule has 0 saturated carbocycles. The molecule has 1 amide bonds. The summed E-state index contributed by atoms with van der Waals surface area (Å²) >= 11 is 3.03. The Hall–Kier alpha value is -3.30. The highest BCUT2D eigenvalue weighted by molar-refractivity contribution is 7.98. The molecule has 2 aromatic carbocycles. The van der Waals surface area contributed by atoms with Crippen LogP contribution >= 0.6 is 23.1 Å². The van der Waals surface area contributed by atoms with E-state index in [4.69, 9.17) is 9.97 Å². The number of anilines is 2. The Kier molecular flexibility index (Phi) is 5.83. The molecule has 7 nitrogen and oxygen atoms in total. The average Bonchev–Trinajstić information content (AvgIpc) is 3.40. The number of amides is 1. The molecule has 3 aromatic heterocycles. The van der Waals surface area contributed by atoms with Gasteiger partial charge >= 0.3 is 0 Å². The third-order valence-corrected chi connectivity index (χ3v) is 7.35. The largest absolute Gasteiger partial charge is 0.274 e. The van der Waals surface area contributed by atoms with Crippen molar-refractivity contribution in [3.8, 4) is 0 Å². The van der Waals surface area contributed by atoms with E-state index in [0.29, 0.717) is 16.7 Å². The molecule has 172 valence electrons. The van der Waals surface area contributed by atoms with Crippen LogP contribution in [-0.2, 0) is 10.5 Å². The number of carbonyl (C=O) groups excluding carboxylic acids is 1. The zero-order valence-electron chi connectivity index (χ0n) is 19.7. The Balaban J connectivity index is 1.46. The van der Waals surface area contributed by atoms with Gasteiger partial charge in [-0.1, -0.05) is 41.6 Å². The maximum absolute atomic E-state index is 12.7. The van der Waals surface area contributed by atoms with Gasteiger partial charge < -0.3 is 0 Å². The van der Waals surface area contributed by atoms with Gasteiger partial charge in [-0.2, -0.15) is 4.52 Å². The summed E-state index contributed by atoms with van der Waals surface area (Å²) in [6, 6.07) is 12.1. The van der Waals surface area contributed by atoms with Crippen LogP contribution in [0.25, 0.3) is 16.6 Å². The molecule has 0 radical (unpaired) electrons. The minimum Gasteiger partial charge on any atom is -0.274 e. The van der Waals surface area contributed by atoms with Gasteiger partial charge in [-0.05, 0) is 51.0 Å². The van der Waals surface area contributed by atoms with Gasteiger partial charge in [0.15, 0.2) is 15.9 Å². The first-order valence-electron chi connectivity index (χ1n) is 10.9. The number of benzene rings is 2. The first-order chi connectivity index (χ1) is 16.3. The van der Waals surface area contributed by atoms with Crippen molar-refractivity contribution in [1.29, 1.82) is 0 Å². The van der Waals surface area contributed by atoms with E-state index in [9.17, 15) is 4.79 Å². The number of thiazole rings is 1. The molecular weight excluding hydrogens is 464 g/mol. The van der Waals surface area contributed by atoms with Crippen LogP contribution in [0, 0.1) is 27.7 Å². The summed E-state index contributed by atoms with van der Waals surface area (Å²) in [4.78, 5) is 28.6. The standard InChI is InChI=1S/C25H24N6OS2/c1-14-10-15(2)22(16(3)11-14)30(18(5)32)24-27-19(12-33-24)13-34-25-28-21-9-7-6-8-20(21)23-26-17(4)29-31(23)25/h6-12H,13H2,1-5H3. The lowest BCUT2D eigenvalue weighted by molar-refractivity contribution is -0.115. The van der Waals surface area contributed by atoms with Crippen molar-refractivity contribution in [3.63, 3.8) is 0 Å². The highest BCUT2D eigenvalue weighted by Gasteiger charge is 2.22. The molecule has 0 spiro atoms. The fourth-order valence-corrected chi connectivity index (χ4v) is 6.06. The number of carbonyl (C=O) groups is 1. The molecule has 0 bridgehead atoms. The third kappa shape index (κ3) is 4.05. The van der Waals surface area contributed by atoms with Crippen LogP contribution in [0.5, 0.6) is 0 Å². The van der Waals surface area contributed by atoms with Crippen LogP contribution in [0.4, 0.5) is 10.8 Å². The molecule has 0 N–H and O–H groups in total. The van der Waals surface area contributed by atoms with E-state index >= 15 is 0 Å². The molecule has 9 heteroatoms. The number of thioether (sulfide) groups is 1. The number of rotatable bonds is 5. The monoisotopic (exact) mass is 488 g/mol. The van der Waals surface area contributed by atoms with Gasteiger partial charge in [0.1, 0.15) is 5.82 Å². The number of aryl methyl sites for hydroxylation is 4. The molecule has 0 aliphatic carbocycles. The maximum atomic E-state index is 12.7. The van der Waals surface area contributed by atoms with Gasteiger partial charge in [-0.25, -0.2) is 15.0 Å². The molecule has 0 aliphatic heterocycles. The van der Waals surface area contributed by atoms with Crippen LogP contribution in [-0.4, -0.2) is 30.5 Å². The van der Waals surface area contributed by atoms with E-state index in [1.54, 1.807) is 28.1 Å². The van der Waals surface area contributed by atoms with Gasteiger partial charge in [-0.3, -0.25) is 9.69 Å². The van der Waals surface area contributed by atoms with Crippen molar-refractivity contribution >= 4 is 56.4 Å². The third-order valence-electron chi connectivity index (χ3n) is 5.51. The first-order valence-corrected chi connectivity index (χ1v) is 12.8. The molecule has 5 aromatic rings. The van der Waals surface area contributed by atoms with Gasteiger partial charge in [0.05, 0.1) is 16.9 Å². The van der Waals surface area contributed by atoms with Crippen molar-refractivity contribution in [2.24, 2.45) is 0 Å². The lowest BCUT2D eigenvalue weighted by atomic mass is 10.0. The molecular formula is C25H24N6OS2. The van der Waals surface area contributed by atoms with Crippen molar-refractivity contribution in [2.75, 3.05) is 4.90 Å². The molecule has 0 aliphatic rings. The minimum absolute atomic E-state index is 0.0559. The lowest BCUT2D eigenvalue weighted by Crippen LogP contribution is -2.24. The second-order valence-corrected chi connectivity index (χ2v) is 10.1. The normalized spacial score (nSPS) is 11.4. The van der Waals surface area contributed by atoms with E-state index in [2.05, 4.69) is 29.1 Å². The summed E-state index contributed by atoms with van der Waals surface area (Å²) in [5, 5.41) is 8.96. The predicted octanol–water partition coefficient (Wildman–Crippen LogP) is 5.94. The summed E-state index contributed by atoms with van der Waals surface area (Å²) in [5.74, 6) is 1.25. The summed E-state index contributed by atoms with van der Waals surface area (Å²) in [7, 11) is 0. The van der Waals surface area contributed by atoms with E-state index < -0.39 is 0 Å². The molecule has 0 fully saturated rings. The number of nitrogens with zero attached hydrogens (tertiary/aromatic N) is 6. The Morgan fingerprint density at radius 1 is 1.06 bits per heavy atom. The SMILES string of the molecule is CC(=O)N(c1nc(CSc2nc3ccccc3c3nc(C)nn23)cs1)c1c(C)cc(C)cc1C. The summed E-state index contributed by atoms with van der Waals surface area (Å²) < 4.78 is 1.80. The Morgan fingerprint density at radius 2 is 1.79 bits per heavy atom. The fraction of sp³-hybridized carbons (Fsp3) is 0.240. The van der Waals surface area contributed by atoms with Crippen molar-refractivity contribution in [1.82, 2.24) is 24.6 Å². The van der Waals surface area contributed by atoms with E-state index in [1.807, 2.05) is 50.4 Å². The number of hydrogen-bond donors (Lipinski definition) is 0. The van der Waals surface area contributed by atoms with Crippen molar-refractivity contribution < 1.29 is 4.79 Å². The molecule has 0 saturated heterocycles. The van der Waals surface area contributed by atoms with Gasteiger partial charge in [0, 0.05) is 23.4 Å². The quantitative estimate of drug-likeness (QED) is 0.225. The van der Waals surface area contributed by atoms with Crippen molar-refractivity contribution in [2.45, 2.75) is 45.5 Å². The molecule has 3 heterocycles. The second-order valence-electron chi connectivity index (χ2n) is 8.32. The second kappa shape index (κ2) is 8.81. The Morgan fingerprint density at radius 3 is 2.53 bits per heavy atom. The lowest BCUT2D eigenvalue weighted by Gasteiger charge is -2.23. The summed E-state index contributed by atoms with van der Waals surface area (Å²) in [6.45, 7) is 9.60. The zero-order valence-corrected chi connectivity index (χ0v) is 21.3. The highest BCUT2D eigenvalue weighted by atomic mass is 32.2. The number of para-hydroxylation sites is 1. The predicted molar refractivity (Wildman–Crippen MR) is 138 cm³/mol. The van der Waals surface area contributed by atoms with E-state index in [-0.39, 0.29) is 5.91 Å². The molecule has 34 heavy (non-hydrogen) atoms. The number of hydrogen-bond acceptors (Lipinski definition) is 7. The van der Waals surface area contributed by atoms with Gasteiger partial charge in [-0.15, -0.1) is 16.4 Å². The van der Waals surface area contributed by atoms with Gasteiger partial charge in [0.25, 0.3) is 0 Å². The highest BCUT2D eigenvalue weighted by Crippen LogP contribution is 2.35. The van der Waals surface area contributed by atoms with Crippen LogP contribution in [0.3, 0.4) is 0 Å². The maximum Gasteiger partial charge on any atom is 0.230 e. The van der Waals surface area contributed by atoms with Crippen LogP contribution in [0.2, 0.25) is 0 Å². The molecule has 0 atom stereocenters. The van der Waals surface area contributed by atoms with Gasteiger partial charge in [0.2, 0.25) is 5.91 Å².